The lowest BCUT2D eigenvalue weighted by atomic mass is 10.1. The van der Waals surface area contributed by atoms with Crippen LogP contribution in [0, 0.1) is 28.6 Å². The normalized spacial score (nSPS) is 22.3. The third kappa shape index (κ3) is 5.40. The molecule has 2 aromatic carbocycles. The smallest absolute Gasteiger partial charge is 0.426 e. The van der Waals surface area contributed by atoms with Gasteiger partial charge in [-0.25, -0.2) is 0 Å². The fourth-order valence-corrected chi connectivity index (χ4v) is 3.74. The van der Waals surface area contributed by atoms with Gasteiger partial charge in [0.2, 0.25) is 0 Å². The fraction of sp³-hybridized carbons (Fsp3) is 0.348. The Labute approximate surface area is 183 Å². The van der Waals surface area contributed by atoms with E-state index in [0.29, 0.717) is 17.1 Å². The van der Waals surface area contributed by atoms with E-state index in [2.05, 4.69) is 0 Å². The van der Waals surface area contributed by atoms with E-state index in [1.807, 2.05) is 24.3 Å². The monoisotopic (exact) mass is 451 g/mol. The van der Waals surface area contributed by atoms with E-state index in [-0.39, 0.29) is 0 Å². The van der Waals surface area contributed by atoms with Crippen molar-refractivity contribution in [1.29, 1.82) is 5.26 Å². The van der Waals surface area contributed by atoms with Gasteiger partial charge >= 0.3 is 6.18 Å². The molecule has 0 saturated heterocycles. The van der Waals surface area contributed by atoms with Crippen LogP contribution in [0.1, 0.15) is 25.5 Å². The molecule has 0 amide bonds. The summed E-state index contributed by atoms with van der Waals surface area (Å²) in [6.45, 7) is 3.42. The number of aliphatic hydroxyl groups is 1. The number of hydrogen-bond acceptors (Lipinski definition) is 4. The predicted molar refractivity (Wildman–Crippen MR) is 109 cm³/mol. The van der Waals surface area contributed by atoms with Gasteiger partial charge in [-0.15, -0.1) is 0 Å². The molecule has 0 radical (unpaired) electrons. The number of hydrogen-bond donors (Lipinski definition) is 1. The first-order chi connectivity index (χ1) is 14.5. The van der Waals surface area contributed by atoms with Crippen LogP contribution in [0.15, 0.2) is 65.7 Å². The highest BCUT2D eigenvalue weighted by molar-refractivity contribution is 6.30. The summed E-state index contributed by atoms with van der Waals surface area (Å²) in [7, 11) is 0. The summed E-state index contributed by atoms with van der Waals surface area (Å²) < 4.78 is 49.5. The Morgan fingerprint density at radius 2 is 1.81 bits per heavy atom. The van der Waals surface area contributed by atoms with Gasteiger partial charge in [0.1, 0.15) is 16.5 Å². The van der Waals surface area contributed by atoms with E-state index in [1.54, 1.807) is 50.2 Å². The molecule has 1 N–H and O–H groups in total. The van der Waals surface area contributed by atoms with E-state index in [9.17, 15) is 23.5 Å². The molecule has 1 aliphatic rings. The van der Waals surface area contributed by atoms with E-state index in [1.165, 1.54) is 0 Å². The number of ether oxygens (including phenoxy) is 2. The lowest BCUT2D eigenvalue weighted by Crippen LogP contribution is -2.20. The topological polar surface area (TPSA) is 62.5 Å². The molecule has 0 heterocycles. The van der Waals surface area contributed by atoms with Gasteiger partial charge in [0, 0.05) is 5.92 Å². The molecule has 31 heavy (non-hydrogen) atoms. The first-order valence-electron chi connectivity index (χ1n) is 9.54. The summed E-state index contributed by atoms with van der Waals surface area (Å²) >= 11 is 5.35. The first-order valence-corrected chi connectivity index (χ1v) is 9.92. The number of allylic oxidation sites excluding steroid dienone is 2. The predicted octanol–water partition coefficient (Wildman–Crippen LogP) is 6.34. The van der Waals surface area contributed by atoms with Gasteiger partial charge in [0.15, 0.2) is 12.4 Å². The van der Waals surface area contributed by atoms with Gasteiger partial charge in [-0.3, -0.25) is 0 Å². The van der Waals surface area contributed by atoms with Crippen LogP contribution < -0.4 is 4.74 Å². The minimum Gasteiger partial charge on any atom is -0.457 e. The van der Waals surface area contributed by atoms with Gasteiger partial charge in [-0.1, -0.05) is 61.9 Å². The zero-order valence-electron chi connectivity index (χ0n) is 16.8. The SMILES string of the molecule is CC1(C)C(/C=C(\Cl)C(F)(F)F)C1C(O)OC(C#N)c1cccc(Oc2ccccc2)c1. The number of nitriles is 1. The second-order valence-corrected chi connectivity index (χ2v) is 8.32. The molecule has 8 heteroatoms. The standard InChI is InChI=1S/C23H21ClF3NO3/c1-22(2)17(12-19(24)23(25,26)27)20(22)21(29)31-18(13-28)14-7-6-10-16(11-14)30-15-8-4-3-5-9-15/h3-12,17-18,20-21,29H,1-2H3/b19-12-. The lowest BCUT2D eigenvalue weighted by molar-refractivity contribution is -0.140. The maximum atomic E-state index is 12.7. The lowest BCUT2D eigenvalue weighted by Gasteiger charge is -2.18. The van der Waals surface area contributed by atoms with Gasteiger partial charge in [0.25, 0.3) is 0 Å². The number of para-hydroxylation sites is 1. The summed E-state index contributed by atoms with van der Waals surface area (Å²) in [5.41, 5.74) is -0.211. The molecule has 4 atom stereocenters. The van der Waals surface area contributed by atoms with Gasteiger partial charge in [-0.05, 0) is 41.2 Å². The fourth-order valence-electron chi connectivity index (χ4n) is 3.61. The van der Waals surface area contributed by atoms with Gasteiger partial charge < -0.3 is 14.6 Å². The number of aliphatic hydroxyl groups excluding tert-OH is 1. The van der Waals surface area contributed by atoms with Crippen molar-refractivity contribution in [3.8, 4) is 17.6 Å². The van der Waals surface area contributed by atoms with Crippen molar-refractivity contribution >= 4 is 11.6 Å². The van der Waals surface area contributed by atoms with E-state index in [4.69, 9.17) is 21.1 Å². The van der Waals surface area contributed by atoms with Crippen molar-refractivity contribution in [1.82, 2.24) is 0 Å². The van der Waals surface area contributed by atoms with Crippen LogP contribution in [0.5, 0.6) is 11.5 Å². The molecule has 1 aliphatic carbocycles. The molecular weight excluding hydrogens is 431 g/mol. The summed E-state index contributed by atoms with van der Waals surface area (Å²) in [5, 5.41) is 18.8. The van der Waals surface area contributed by atoms with Crippen LogP contribution in [-0.4, -0.2) is 17.6 Å². The number of rotatable bonds is 7. The first kappa shape index (κ1) is 23.1. The average Bonchev–Trinajstić information content (AvgIpc) is 3.26. The zero-order valence-corrected chi connectivity index (χ0v) is 17.6. The van der Waals surface area contributed by atoms with E-state index < -0.39 is 40.9 Å². The van der Waals surface area contributed by atoms with E-state index in [0.717, 1.165) is 6.08 Å². The third-order valence-electron chi connectivity index (χ3n) is 5.43. The maximum absolute atomic E-state index is 12.7. The summed E-state index contributed by atoms with van der Waals surface area (Å²) in [6.07, 6.45) is -6.33. The quantitative estimate of drug-likeness (QED) is 0.499. The third-order valence-corrected chi connectivity index (χ3v) is 5.77. The Balaban J connectivity index is 1.71. The molecule has 4 nitrogen and oxygen atoms in total. The summed E-state index contributed by atoms with van der Waals surface area (Å²) in [4.78, 5) is 0. The van der Waals surface area contributed by atoms with Crippen molar-refractivity contribution in [3.05, 3.63) is 71.3 Å². The molecule has 1 fully saturated rings. The largest absolute Gasteiger partial charge is 0.457 e. The maximum Gasteiger partial charge on any atom is 0.426 e. The highest BCUT2D eigenvalue weighted by Gasteiger charge is 2.61. The number of nitrogens with zero attached hydrogens (tertiary/aromatic N) is 1. The molecule has 3 rings (SSSR count). The van der Waals surface area contributed by atoms with Crippen molar-refractivity contribution in [3.63, 3.8) is 0 Å². The second-order valence-electron chi connectivity index (χ2n) is 7.91. The van der Waals surface area contributed by atoms with Crippen molar-refractivity contribution in [2.45, 2.75) is 32.4 Å². The molecule has 164 valence electrons. The number of halogens is 4. The van der Waals surface area contributed by atoms with Crippen molar-refractivity contribution < 1.29 is 27.8 Å². The molecule has 4 unspecified atom stereocenters. The zero-order chi connectivity index (χ0) is 22.8. The Bertz CT molecular complexity index is 986. The molecule has 2 aromatic rings. The highest BCUT2D eigenvalue weighted by atomic mass is 35.5. The Kier molecular flexibility index (Phi) is 6.65. The van der Waals surface area contributed by atoms with Crippen LogP contribution in [0.2, 0.25) is 0 Å². The van der Waals surface area contributed by atoms with Crippen molar-refractivity contribution in [2.24, 2.45) is 17.3 Å². The van der Waals surface area contributed by atoms with Crippen LogP contribution in [0.4, 0.5) is 13.2 Å². The van der Waals surface area contributed by atoms with Gasteiger partial charge in [-0.2, -0.15) is 18.4 Å². The second kappa shape index (κ2) is 8.91. The highest BCUT2D eigenvalue weighted by Crippen LogP contribution is 2.62. The molecule has 0 bridgehead atoms. The van der Waals surface area contributed by atoms with Crippen LogP contribution in [0.3, 0.4) is 0 Å². The Morgan fingerprint density at radius 1 is 1.16 bits per heavy atom. The molecule has 0 spiro atoms. The molecule has 0 aliphatic heterocycles. The summed E-state index contributed by atoms with van der Waals surface area (Å²) in [6, 6.07) is 17.7. The van der Waals surface area contributed by atoms with Crippen LogP contribution >= 0.6 is 11.6 Å². The Hall–Kier alpha value is -2.53. The van der Waals surface area contributed by atoms with Crippen molar-refractivity contribution in [2.75, 3.05) is 0 Å². The molecule has 1 saturated carbocycles. The molecular formula is C23H21ClF3NO3. The van der Waals surface area contributed by atoms with Gasteiger partial charge in [0.05, 0.1) is 6.07 Å². The van der Waals surface area contributed by atoms with Crippen LogP contribution in [-0.2, 0) is 4.74 Å². The number of alkyl halides is 3. The minimum atomic E-state index is -4.65. The average molecular weight is 452 g/mol. The summed E-state index contributed by atoms with van der Waals surface area (Å²) in [5.74, 6) is -0.177. The molecule has 0 aromatic heterocycles. The van der Waals surface area contributed by atoms with Crippen LogP contribution in [0.25, 0.3) is 0 Å². The Morgan fingerprint density at radius 3 is 2.42 bits per heavy atom. The van der Waals surface area contributed by atoms with E-state index >= 15 is 0 Å². The number of benzene rings is 2. The minimum absolute atomic E-state index is 0.453.